The van der Waals surface area contributed by atoms with Crippen LogP contribution in [0.3, 0.4) is 0 Å². The molecule has 2 heteroatoms. The van der Waals surface area contributed by atoms with Gasteiger partial charge in [0.1, 0.15) is 0 Å². The zero-order valence-corrected chi connectivity index (χ0v) is 8.03. The Morgan fingerprint density at radius 3 is 3.07 bits per heavy atom. The van der Waals surface area contributed by atoms with Gasteiger partial charge in [0.05, 0.1) is 17.3 Å². The Balaban J connectivity index is 2.42. The molecule has 70 valence electrons. The normalized spacial score (nSPS) is 17.4. The fraction of sp³-hybridized carbons (Fsp3) is 0.333. The summed E-state index contributed by atoms with van der Waals surface area (Å²) in [6.07, 6.45) is 6.47. The Labute approximate surface area is 83.9 Å². The molecule has 0 aromatic heterocycles. The van der Waals surface area contributed by atoms with Gasteiger partial charge in [0.25, 0.3) is 0 Å². The van der Waals surface area contributed by atoms with E-state index in [1.165, 1.54) is 18.4 Å². The summed E-state index contributed by atoms with van der Waals surface area (Å²) in [7, 11) is 0. The first-order valence-electron chi connectivity index (χ1n) is 4.96. The van der Waals surface area contributed by atoms with E-state index in [2.05, 4.69) is 11.1 Å². The van der Waals surface area contributed by atoms with Crippen LogP contribution in [0.15, 0.2) is 23.2 Å². The Morgan fingerprint density at radius 2 is 2.21 bits per heavy atom. The molecule has 0 spiro atoms. The van der Waals surface area contributed by atoms with Gasteiger partial charge in [-0.3, -0.25) is 4.99 Å². The smallest absolute Gasteiger partial charge is 0.0991 e. The monoisotopic (exact) mass is 184 g/mol. The first-order valence-corrected chi connectivity index (χ1v) is 4.96. The fourth-order valence-corrected chi connectivity index (χ4v) is 1.70. The number of aliphatic imine (C=N–C) groups is 1. The number of hydrogen-bond acceptors (Lipinski definition) is 2. The summed E-state index contributed by atoms with van der Waals surface area (Å²) in [5.41, 5.74) is 2.98. The quantitative estimate of drug-likeness (QED) is 0.610. The van der Waals surface area contributed by atoms with Crippen LogP contribution in [0.2, 0.25) is 0 Å². The van der Waals surface area contributed by atoms with E-state index in [-0.39, 0.29) is 0 Å². The molecular formula is C12H12N2. The van der Waals surface area contributed by atoms with Crippen molar-refractivity contribution in [2.75, 3.05) is 0 Å². The lowest BCUT2D eigenvalue weighted by Gasteiger charge is -2.08. The summed E-state index contributed by atoms with van der Waals surface area (Å²) in [5.74, 6) is 0. The van der Waals surface area contributed by atoms with Crippen LogP contribution in [0.1, 0.15) is 30.4 Å². The van der Waals surface area contributed by atoms with Gasteiger partial charge in [-0.05, 0) is 49.4 Å². The fourth-order valence-electron chi connectivity index (χ4n) is 1.70. The van der Waals surface area contributed by atoms with Crippen molar-refractivity contribution < 1.29 is 0 Å². The second-order valence-electron chi connectivity index (χ2n) is 3.51. The van der Waals surface area contributed by atoms with Gasteiger partial charge in [-0.25, -0.2) is 0 Å². The zero-order chi connectivity index (χ0) is 9.80. The lowest BCUT2D eigenvalue weighted by molar-refractivity contribution is 0.761. The molecule has 0 radical (unpaired) electrons. The average molecular weight is 184 g/mol. The SMILES string of the molecule is N#Cc1ccc2c(c1)CCCC/C=N\2. The lowest BCUT2D eigenvalue weighted by Crippen LogP contribution is -1.92. The maximum atomic E-state index is 8.78. The summed E-state index contributed by atoms with van der Waals surface area (Å²) in [5, 5.41) is 8.78. The van der Waals surface area contributed by atoms with Gasteiger partial charge in [-0.15, -0.1) is 0 Å². The third-order valence-electron chi connectivity index (χ3n) is 2.47. The van der Waals surface area contributed by atoms with Crippen molar-refractivity contribution >= 4 is 11.9 Å². The van der Waals surface area contributed by atoms with E-state index in [4.69, 9.17) is 5.26 Å². The number of fused-ring (bicyclic) bond motifs is 1. The molecule has 1 aromatic rings. The molecule has 1 aromatic carbocycles. The van der Waals surface area contributed by atoms with E-state index >= 15 is 0 Å². The predicted molar refractivity (Wildman–Crippen MR) is 56.9 cm³/mol. The van der Waals surface area contributed by atoms with Crippen LogP contribution >= 0.6 is 0 Å². The molecule has 0 saturated carbocycles. The molecule has 1 heterocycles. The van der Waals surface area contributed by atoms with Crippen LogP contribution < -0.4 is 0 Å². The largest absolute Gasteiger partial charge is 0.261 e. The molecule has 0 atom stereocenters. The molecule has 0 N–H and O–H groups in total. The Bertz CT molecular complexity index is 399. The summed E-state index contributed by atoms with van der Waals surface area (Å²) in [6, 6.07) is 7.89. The molecule has 0 bridgehead atoms. The molecule has 0 unspecified atom stereocenters. The minimum absolute atomic E-state index is 0.736. The molecule has 0 saturated heterocycles. The van der Waals surface area contributed by atoms with Crippen LogP contribution in [0.4, 0.5) is 5.69 Å². The summed E-state index contributed by atoms with van der Waals surface area (Å²) in [4.78, 5) is 4.39. The topological polar surface area (TPSA) is 36.1 Å². The average Bonchev–Trinajstić information content (AvgIpc) is 2.18. The summed E-state index contributed by atoms with van der Waals surface area (Å²) in [6.45, 7) is 0. The van der Waals surface area contributed by atoms with Crippen LogP contribution in [0, 0.1) is 11.3 Å². The van der Waals surface area contributed by atoms with Crippen LogP contribution in [-0.4, -0.2) is 6.21 Å². The van der Waals surface area contributed by atoms with Crippen molar-refractivity contribution in [3.63, 3.8) is 0 Å². The van der Waals surface area contributed by atoms with Gasteiger partial charge in [-0.2, -0.15) is 5.26 Å². The molecule has 2 rings (SSSR count). The van der Waals surface area contributed by atoms with Crippen molar-refractivity contribution in [2.24, 2.45) is 4.99 Å². The number of nitrogens with zero attached hydrogens (tertiary/aromatic N) is 2. The van der Waals surface area contributed by atoms with Crippen molar-refractivity contribution in [1.82, 2.24) is 0 Å². The molecule has 1 aliphatic rings. The van der Waals surface area contributed by atoms with Crippen LogP contribution in [0.5, 0.6) is 0 Å². The Kier molecular flexibility index (Phi) is 2.60. The van der Waals surface area contributed by atoms with E-state index in [0.717, 1.165) is 24.1 Å². The minimum atomic E-state index is 0.736. The molecule has 0 amide bonds. The highest BCUT2D eigenvalue weighted by molar-refractivity contribution is 5.65. The summed E-state index contributed by atoms with van der Waals surface area (Å²) < 4.78 is 0. The van der Waals surface area contributed by atoms with Crippen molar-refractivity contribution in [2.45, 2.75) is 25.7 Å². The first kappa shape index (κ1) is 8.96. The highest BCUT2D eigenvalue weighted by Gasteiger charge is 2.04. The van der Waals surface area contributed by atoms with E-state index in [0.29, 0.717) is 0 Å². The van der Waals surface area contributed by atoms with Gasteiger partial charge < -0.3 is 0 Å². The molecule has 0 fully saturated rings. The van der Waals surface area contributed by atoms with Crippen molar-refractivity contribution in [1.29, 1.82) is 5.26 Å². The molecule has 14 heavy (non-hydrogen) atoms. The number of nitriles is 1. The van der Waals surface area contributed by atoms with Crippen molar-refractivity contribution in [3.8, 4) is 6.07 Å². The highest BCUT2D eigenvalue weighted by Crippen LogP contribution is 2.24. The molecule has 0 aliphatic carbocycles. The molecule has 1 aliphatic heterocycles. The van der Waals surface area contributed by atoms with Gasteiger partial charge >= 0.3 is 0 Å². The maximum Gasteiger partial charge on any atom is 0.0991 e. The van der Waals surface area contributed by atoms with Gasteiger partial charge in [-0.1, -0.05) is 0 Å². The second-order valence-corrected chi connectivity index (χ2v) is 3.51. The van der Waals surface area contributed by atoms with E-state index in [1.54, 1.807) is 0 Å². The first-order chi connectivity index (χ1) is 6.90. The standard InChI is InChI=1S/C12H12N2/c13-9-10-5-6-12-11(8-10)4-2-1-3-7-14-12/h5-8H,1-4H2/b14-7-. The zero-order valence-electron chi connectivity index (χ0n) is 8.03. The summed E-state index contributed by atoms with van der Waals surface area (Å²) >= 11 is 0. The molecular weight excluding hydrogens is 172 g/mol. The van der Waals surface area contributed by atoms with Crippen molar-refractivity contribution in [3.05, 3.63) is 29.3 Å². The number of hydrogen-bond donors (Lipinski definition) is 0. The predicted octanol–water partition coefficient (Wildman–Crippen LogP) is 2.99. The van der Waals surface area contributed by atoms with E-state index < -0.39 is 0 Å². The van der Waals surface area contributed by atoms with Gasteiger partial charge in [0.15, 0.2) is 0 Å². The number of rotatable bonds is 0. The number of benzene rings is 1. The van der Waals surface area contributed by atoms with Gasteiger partial charge in [0, 0.05) is 6.21 Å². The third kappa shape index (κ3) is 1.82. The van der Waals surface area contributed by atoms with Crippen LogP contribution in [0.25, 0.3) is 0 Å². The van der Waals surface area contributed by atoms with E-state index in [9.17, 15) is 0 Å². The Hall–Kier alpha value is -1.62. The van der Waals surface area contributed by atoms with Crippen LogP contribution in [-0.2, 0) is 6.42 Å². The maximum absolute atomic E-state index is 8.78. The van der Waals surface area contributed by atoms with Gasteiger partial charge in [0.2, 0.25) is 0 Å². The van der Waals surface area contributed by atoms with E-state index in [1.807, 2.05) is 24.4 Å². The highest BCUT2D eigenvalue weighted by atomic mass is 14.7. The Morgan fingerprint density at radius 1 is 1.29 bits per heavy atom. The molecule has 2 nitrogen and oxygen atoms in total. The second kappa shape index (κ2) is 4.06. The third-order valence-corrected chi connectivity index (χ3v) is 2.47. The minimum Gasteiger partial charge on any atom is -0.261 e. The lowest BCUT2D eigenvalue weighted by atomic mass is 10.0. The number of aryl methyl sites for hydroxylation is 1.